The van der Waals surface area contributed by atoms with Crippen molar-refractivity contribution in [2.24, 2.45) is 5.16 Å². The molecule has 0 atom stereocenters. The molecule has 0 unspecified atom stereocenters. The molecule has 0 amide bonds. The highest BCUT2D eigenvalue weighted by molar-refractivity contribution is 9.10. The number of piperidine rings is 1. The maximum atomic E-state index is 4.83. The first-order chi connectivity index (χ1) is 11.8. The minimum Gasteiger partial charge on any atom is -0.399 e. The number of nitrogens with one attached hydrogen (secondary N) is 1. The zero-order valence-electron chi connectivity index (χ0n) is 14.4. The third kappa shape index (κ3) is 4.70. The monoisotopic (exact) mass is 394 g/mol. The lowest BCUT2D eigenvalue weighted by Gasteiger charge is -2.36. The molecule has 2 fully saturated rings. The standard InChI is InChI=1S/C18H27BrN4O/c1-24-21-12-14-11-15(19)13-20-18(14)23-9-7-17(8-10-23)22-16-5-3-2-4-6-16/h11-13,16-17,22H,2-10H2,1H3/b21-12+. The summed E-state index contributed by atoms with van der Waals surface area (Å²) in [5.74, 6) is 0.995. The molecule has 6 heteroatoms. The van der Waals surface area contributed by atoms with Crippen LogP contribution in [0.25, 0.3) is 0 Å². The summed E-state index contributed by atoms with van der Waals surface area (Å²) in [5, 5.41) is 7.79. The molecular weight excluding hydrogens is 368 g/mol. The Morgan fingerprint density at radius 2 is 1.92 bits per heavy atom. The molecule has 2 heterocycles. The number of hydrogen-bond donors (Lipinski definition) is 1. The van der Waals surface area contributed by atoms with Gasteiger partial charge >= 0.3 is 0 Å². The minimum atomic E-state index is 0.649. The van der Waals surface area contributed by atoms with E-state index in [2.05, 4.69) is 36.3 Å². The summed E-state index contributed by atoms with van der Waals surface area (Å²) >= 11 is 3.48. The first-order valence-electron chi connectivity index (χ1n) is 8.99. The van der Waals surface area contributed by atoms with Crippen LogP contribution in [0, 0.1) is 0 Å². The molecule has 1 saturated carbocycles. The predicted molar refractivity (Wildman–Crippen MR) is 102 cm³/mol. The van der Waals surface area contributed by atoms with E-state index in [1.807, 2.05) is 12.3 Å². The number of rotatable bonds is 5. The fraction of sp³-hybridized carbons (Fsp3) is 0.667. The summed E-state index contributed by atoms with van der Waals surface area (Å²) in [5.41, 5.74) is 0.991. The Balaban J connectivity index is 1.59. The lowest BCUT2D eigenvalue weighted by atomic mass is 9.93. The average molecular weight is 395 g/mol. The molecule has 5 nitrogen and oxygen atoms in total. The maximum Gasteiger partial charge on any atom is 0.137 e. The van der Waals surface area contributed by atoms with Gasteiger partial charge in [-0.25, -0.2) is 4.98 Å². The smallest absolute Gasteiger partial charge is 0.137 e. The second kappa shape index (κ2) is 8.81. The van der Waals surface area contributed by atoms with Crippen molar-refractivity contribution in [2.45, 2.75) is 57.0 Å². The van der Waals surface area contributed by atoms with Gasteiger partial charge in [-0.2, -0.15) is 0 Å². The number of oxime groups is 1. The van der Waals surface area contributed by atoms with Crippen molar-refractivity contribution < 1.29 is 4.84 Å². The summed E-state index contributed by atoms with van der Waals surface area (Å²) in [6.07, 6.45) is 12.8. The van der Waals surface area contributed by atoms with Gasteiger partial charge in [0, 0.05) is 41.4 Å². The van der Waals surface area contributed by atoms with Crippen molar-refractivity contribution in [1.82, 2.24) is 10.3 Å². The van der Waals surface area contributed by atoms with Crippen molar-refractivity contribution in [2.75, 3.05) is 25.1 Å². The highest BCUT2D eigenvalue weighted by atomic mass is 79.9. The van der Waals surface area contributed by atoms with Gasteiger partial charge in [0.25, 0.3) is 0 Å². The molecule has 1 N–H and O–H groups in total. The molecule has 1 saturated heterocycles. The molecule has 0 aromatic carbocycles. The highest BCUT2D eigenvalue weighted by Crippen LogP contribution is 2.25. The molecule has 0 spiro atoms. The quantitative estimate of drug-likeness (QED) is 0.610. The first kappa shape index (κ1) is 17.7. The van der Waals surface area contributed by atoms with Crippen LogP contribution in [0.4, 0.5) is 5.82 Å². The van der Waals surface area contributed by atoms with Gasteiger partial charge in [-0.3, -0.25) is 0 Å². The molecule has 0 radical (unpaired) electrons. The Morgan fingerprint density at radius 3 is 2.62 bits per heavy atom. The van der Waals surface area contributed by atoms with E-state index in [4.69, 9.17) is 4.84 Å². The summed E-state index contributed by atoms with van der Waals surface area (Å²) in [4.78, 5) is 11.8. The third-order valence-electron chi connectivity index (χ3n) is 5.03. The van der Waals surface area contributed by atoms with Crippen LogP contribution in [-0.4, -0.2) is 43.5 Å². The van der Waals surface area contributed by atoms with Crippen LogP contribution in [0.2, 0.25) is 0 Å². The van der Waals surface area contributed by atoms with Crippen LogP contribution < -0.4 is 10.2 Å². The lowest BCUT2D eigenvalue weighted by Crippen LogP contribution is -2.47. The van der Waals surface area contributed by atoms with Crippen LogP contribution in [0.15, 0.2) is 21.9 Å². The second-order valence-corrected chi connectivity index (χ2v) is 7.66. The zero-order valence-corrected chi connectivity index (χ0v) is 16.0. The zero-order chi connectivity index (χ0) is 16.8. The molecular formula is C18H27BrN4O. The van der Waals surface area contributed by atoms with Gasteiger partial charge < -0.3 is 15.1 Å². The summed E-state index contributed by atoms with van der Waals surface area (Å²) in [6, 6.07) is 3.43. The Hall–Kier alpha value is -1.14. The van der Waals surface area contributed by atoms with E-state index in [9.17, 15) is 0 Å². The molecule has 1 aromatic rings. The topological polar surface area (TPSA) is 49.8 Å². The summed E-state index contributed by atoms with van der Waals surface area (Å²) < 4.78 is 0.956. The number of nitrogens with zero attached hydrogens (tertiary/aromatic N) is 3. The van der Waals surface area contributed by atoms with Gasteiger partial charge in [0.15, 0.2) is 0 Å². The minimum absolute atomic E-state index is 0.649. The van der Waals surface area contributed by atoms with Crippen molar-refractivity contribution in [3.63, 3.8) is 0 Å². The van der Waals surface area contributed by atoms with Crippen molar-refractivity contribution in [3.05, 3.63) is 22.3 Å². The van der Waals surface area contributed by atoms with Crippen LogP contribution in [0.1, 0.15) is 50.5 Å². The number of hydrogen-bond acceptors (Lipinski definition) is 5. The van der Waals surface area contributed by atoms with Crippen molar-refractivity contribution in [1.29, 1.82) is 0 Å². The molecule has 1 aliphatic carbocycles. The molecule has 24 heavy (non-hydrogen) atoms. The van der Waals surface area contributed by atoms with Gasteiger partial charge in [-0.15, -0.1) is 0 Å². The van der Waals surface area contributed by atoms with E-state index in [1.54, 1.807) is 13.3 Å². The SMILES string of the molecule is CO/N=C/c1cc(Br)cnc1N1CCC(NC2CCCCC2)CC1. The second-order valence-electron chi connectivity index (χ2n) is 6.75. The average Bonchev–Trinajstić information content (AvgIpc) is 2.62. The van der Waals surface area contributed by atoms with Crippen LogP contribution in [0.5, 0.6) is 0 Å². The van der Waals surface area contributed by atoms with Gasteiger partial charge in [0.2, 0.25) is 0 Å². The fourth-order valence-corrected chi connectivity index (χ4v) is 4.13. The lowest BCUT2D eigenvalue weighted by molar-refractivity contribution is 0.215. The molecule has 0 bridgehead atoms. The first-order valence-corrected chi connectivity index (χ1v) is 9.78. The van der Waals surface area contributed by atoms with Gasteiger partial charge in [0.1, 0.15) is 12.9 Å². The van der Waals surface area contributed by atoms with Gasteiger partial charge in [-0.05, 0) is 47.7 Å². The van der Waals surface area contributed by atoms with Gasteiger partial charge in [-0.1, -0.05) is 24.4 Å². The number of halogens is 1. The Labute approximate surface area is 153 Å². The fourth-order valence-electron chi connectivity index (χ4n) is 3.78. The number of anilines is 1. The Kier molecular flexibility index (Phi) is 6.49. The normalized spacial score (nSPS) is 20.7. The highest BCUT2D eigenvalue weighted by Gasteiger charge is 2.24. The van der Waals surface area contributed by atoms with E-state index in [0.717, 1.165) is 35.0 Å². The maximum absolute atomic E-state index is 4.83. The molecule has 3 rings (SSSR count). The molecule has 2 aliphatic rings. The van der Waals surface area contributed by atoms with Crippen LogP contribution >= 0.6 is 15.9 Å². The summed E-state index contributed by atoms with van der Waals surface area (Å²) in [7, 11) is 1.56. The molecule has 1 aromatic heterocycles. The van der Waals surface area contributed by atoms with E-state index in [1.165, 1.54) is 44.9 Å². The number of aromatic nitrogens is 1. The van der Waals surface area contributed by atoms with E-state index >= 15 is 0 Å². The van der Waals surface area contributed by atoms with E-state index in [0.29, 0.717) is 6.04 Å². The van der Waals surface area contributed by atoms with E-state index in [-0.39, 0.29) is 0 Å². The molecule has 1 aliphatic heterocycles. The third-order valence-corrected chi connectivity index (χ3v) is 5.46. The molecule has 132 valence electrons. The Morgan fingerprint density at radius 1 is 1.21 bits per heavy atom. The Bertz CT molecular complexity index is 552. The van der Waals surface area contributed by atoms with Gasteiger partial charge in [0.05, 0.1) is 6.21 Å². The van der Waals surface area contributed by atoms with Crippen molar-refractivity contribution >= 4 is 28.0 Å². The van der Waals surface area contributed by atoms with Crippen LogP contribution in [-0.2, 0) is 4.84 Å². The summed E-state index contributed by atoms with van der Waals surface area (Å²) in [6.45, 7) is 2.07. The number of pyridine rings is 1. The predicted octanol–water partition coefficient (Wildman–Crippen LogP) is 3.72. The van der Waals surface area contributed by atoms with Crippen molar-refractivity contribution in [3.8, 4) is 0 Å². The van der Waals surface area contributed by atoms with Crippen LogP contribution in [0.3, 0.4) is 0 Å². The largest absolute Gasteiger partial charge is 0.399 e. The van der Waals surface area contributed by atoms with E-state index < -0.39 is 0 Å².